The summed E-state index contributed by atoms with van der Waals surface area (Å²) in [7, 11) is -3.01. The lowest BCUT2D eigenvalue weighted by Crippen LogP contribution is -2.42. The number of sulfone groups is 1. The third-order valence-corrected chi connectivity index (χ3v) is 4.70. The van der Waals surface area contributed by atoms with Crippen molar-refractivity contribution < 1.29 is 13.2 Å². The number of rotatable bonds is 5. The molecule has 0 aliphatic heterocycles. The minimum Gasteiger partial charge on any atom is -0.335 e. The van der Waals surface area contributed by atoms with Gasteiger partial charge in [-0.25, -0.2) is 13.2 Å². The maximum absolute atomic E-state index is 11.8. The second-order valence-corrected chi connectivity index (χ2v) is 8.19. The van der Waals surface area contributed by atoms with E-state index in [9.17, 15) is 13.2 Å². The minimum atomic E-state index is -3.01. The highest BCUT2D eigenvalue weighted by molar-refractivity contribution is 7.89. The Hall–Kier alpha value is -1.56. The zero-order valence-corrected chi connectivity index (χ0v) is 13.8. The lowest BCUT2D eigenvalue weighted by atomic mass is 9.96. The molecule has 2 amide bonds. The number of hydrogen-bond donors (Lipinski definition) is 2. The molecule has 22 heavy (non-hydrogen) atoms. The van der Waals surface area contributed by atoms with Crippen molar-refractivity contribution in [3.8, 4) is 0 Å². The van der Waals surface area contributed by atoms with Crippen molar-refractivity contribution in [1.29, 1.82) is 0 Å². The van der Waals surface area contributed by atoms with E-state index in [1.165, 1.54) is 25.5 Å². The predicted molar refractivity (Wildman–Crippen MR) is 87.2 cm³/mol. The van der Waals surface area contributed by atoms with Crippen molar-refractivity contribution in [2.75, 3.05) is 6.26 Å². The quantitative estimate of drug-likeness (QED) is 0.873. The molecule has 1 aromatic carbocycles. The zero-order chi connectivity index (χ0) is 16.0. The van der Waals surface area contributed by atoms with Gasteiger partial charge in [0.25, 0.3) is 0 Å². The van der Waals surface area contributed by atoms with Gasteiger partial charge < -0.3 is 10.6 Å². The molecular formula is C16H24N2O3S. The molecule has 0 radical (unpaired) electrons. The molecule has 6 heteroatoms. The first-order valence-electron chi connectivity index (χ1n) is 7.72. The molecule has 122 valence electrons. The van der Waals surface area contributed by atoms with Crippen LogP contribution in [0.1, 0.15) is 43.2 Å². The minimum absolute atomic E-state index is 0.0445. The van der Waals surface area contributed by atoms with E-state index >= 15 is 0 Å². The third kappa shape index (κ3) is 6.05. The van der Waals surface area contributed by atoms with Gasteiger partial charge in [0.05, 0.1) is 5.75 Å². The first kappa shape index (κ1) is 16.8. The summed E-state index contributed by atoms with van der Waals surface area (Å²) in [4.78, 5) is 11.8. The van der Waals surface area contributed by atoms with E-state index in [0.29, 0.717) is 12.6 Å². The van der Waals surface area contributed by atoms with Gasteiger partial charge in [-0.1, -0.05) is 43.5 Å². The number of benzene rings is 1. The Kier molecular flexibility index (Phi) is 5.83. The number of carbonyl (C=O) groups is 1. The largest absolute Gasteiger partial charge is 0.335 e. The second kappa shape index (κ2) is 7.63. The van der Waals surface area contributed by atoms with Crippen LogP contribution in [0.4, 0.5) is 4.79 Å². The Morgan fingerprint density at radius 3 is 2.27 bits per heavy atom. The first-order valence-corrected chi connectivity index (χ1v) is 9.78. The van der Waals surface area contributed by atoms with E-state index in [4.69, 9.17) is 0 Å². The van der Waals surface area contributed by atoms with Crippen LogP contribution in [-0.4, -0.2) is 26.7 Å². The molecule has 2 rings (SSSR count). The van der Waals surface area contributed by atoms with Crippen LogP contribution < -0.4 is 10.6 Å². The number of hydrogen-bond acceptors (Lipinski definition) is 3. The molecule has 1 saturated carbocycles. The van der Waals surface area contributed by atoms with Crippen molar-refractivity contribution in [3.05, 3.63) is 35.4 Å². The summed E-state index contributed by atoms with van der Waals surface area (Å²) in [5.74, 6) is 0.0445. The summed E-state index contributed by atoms with van der Waals surface area (Å²) >= 11 is 0. The standard InChI is InChI=1S/C16H24N2O3S/c1-22(20,21)12-14-9-7-13(8-10-14)11-17-16(19)18-15-5-3-2-4-6-15/h7-10,15H,2-6,11-12H2,1H3,(H2,17,18,19). The zero-order valence-electron chi connectivity index (χ0n) is 13.0. The SMILES string of the molecule is CS(=O)(=O)Cc1ccc(CNC(=O)NC2CCCCC2)cc1. The molecule has 2 N–H and O–H groups in total. The van der Waals surface area contributed by atoms with E-state index in [0.717, 1.165) is 24.0 Å². The molecule has 0 heterocycles. The van der Waals surface area contributed by atoms with Crippen LogP contribution in [0.15, 0.2) is 24.3 Å². The topological polar surface area (TPSA) is 75.3 Å². The Morgan fingerprint density at radius 2 is 1.68 bits per heavy atom. The molecule has 0 saturated heterocycles. The van der Waals surface area contributed by atoms with Gasteiger partial charge in [0.2, 0.25) is 0 Å². The molecule has 0 unspecified atom stereocenters. The summed E-state index contributed by atoms with van der Waals surface area (Å²) in [6, 6.07) is 7.44. The fourth-order valence-corrected chi connectivity index (χ4v) is 3.52. The normalized spacial score (nSPS) is 16.2. The second-order valence-electron chi connectivity index (χ2n) is 6.05. The van der Waals surface area contributed by atoms with Crippen molar-refractivity contribution in [1.82, 2.24) is 10.6 Å². The van der Waals surface area contributed by atoms with E-state index in [1.54, 1.807) is 12.1 Å². The highest BCUT2D eigenvalue weighted by Gasteiger charge is 2.15. The lowest BCUT2D eigenvalue weighted by Gasteiger charge is -2.22. The van der Waals surface area contributed by atoms with Crippen LogP contribution in [0, 0.1) is 0 Å². The maximum Gasteiger partial charge on any atom is 0.315 e. The van der Waals surface area contributed by atoms with Crippen LogP contribution in [0.5, 0.6) is 0 Å². The van der Waals surface area contributed by atoms with Crippen LogP contribution in [0.3, 0.4) is 0 Å². The van der Waals surface area contributed by atoms with Crippen molar-refractivity contribution in [2.45, 2.75) is 50.4 Å². The number of nitrogens with one attached hydrogen (secondary N) is 2. The molecular weight excluding hydrogens is 300 g/mol. The highest BCUT2D eigenvalue weighted by Crippen LogP contribution is 2.17. The average Bonchev–Trinajstić information content (AvgIpc) is 2.46. The van der Waals surface area contributed by atoms with Crippen molar-refractivity contribution in [3.63, 3.8) is 0 Å². The molecule has 0 spiro atoms. The fourth-order valence-electron chi connectivity index (χ4n) is 2.72. The molecule has 0 bridgehead atoms. The van der Waals surface area contributed by atoms with Gasteiger partial charge in [-0.15, -0.1) is 0 Å². The molecule has 0 aromatic heterocycles. The van der Waals surface area contributed by atoms with Gasteiger partial charge in [-0.05, 0) is 24.0 Å². The van der Waals surface area contributed by atoms with Crippen molar-refractivity contribution >= 4 is 15.9 Å². The van der Waals surface area contributed by atoms with Gasteiger partial charge in [0.15, 0.2) is 9.84 Å². The van der Waals surface area contributed by atoms with Gasteiger partial charge >= 0.3 is 6.03 Å². The maximum atomic E-state index is 11.8. The van der Waals surface area contributed by atoms with Gasteiger partial charge in [0, 0.05) is 18.8 Å². The number of urea groups is 1. The molecule has 1 aliphatic carbocycles. The Bertz CT molecular complexity index is 590. The summed E-state index contributed by atoms with van der Waals surface area (Å²) in [6.07, 6.45) is 6.98. The molecule has 1 aromatic rings. The molecule has 5 nitrogen and oxygen atoms in total. The predicted octanol–water partition coefficient (Wildman–Crippen LogP) is 2.36. The molecule has 1 aliphatic rings. The van der Waals surface area contributed by atoms with Gasteiger partial charge in [0.1, 0.15) is 0 Å². The Morgan fingerprint density at radius 1 is 1.09 bits per heavy atom. The average molecular weight is 324 g/mol. The summed E-state index contributed by atoms with van der Waals surface area (Å²) < 4.78 is 22.4. The Balaban J connectivity index is 1.77. The number of amides is 2. The van der Waals surface area contributed by atoms with Crippen LogP contribution >= 0.6 is 0 Å². The summed E-state index contributed by atoms with van der Waals surface area (Å²) in [6.45, 7) is 0.442. The molecule has 1 fully saturated rings. The van der Waals surface area contributed by atoms with E-state index in [1.807, 2.05) is 12.1 Å². The lowest BCUT2D eigenvalue weighted by molar-refractivity contribution is 0.232. The number of carbonyl (C=O) groups excluding carboxylic acids is 1. The third-order valence-electron chi connectivity index (χ3n) is 3.85. The van der Waals surface area contributed by atoms with Crippen molar-refractivity contribution in [2.24, 2.45) is 0 Å². The fraction of sp³-hybridized carbons (Fsp3) is 0.562. The first-order chi connectivity index (χ1) is 10.4. The van der Waals surface area contributed by atoms with Crippen LogP contribution in [0.2, 0.25) is 0 Å². The highest BCUT2D eigenvalue weighted by atomic mass is 32.2. The van der Waals surface area contributed by atoms with E-state index < -0.39 is 9.84 Å². The van der Waals surface area contributed by atoms with Crippen LogP contribution in [-0.2, 0) is 22.1 Å². The summed E-state index contributed by atoms with van der Waals surface area (Å²) in [5.41, 5.74) is 1.72. The van der Waals surface area contributed by atoms with Crippen LogP contribution in [0.25, 0.3) is 0 Å². The Labute approximate surface area is 132 Å². The molecule has 0 atom stereocenters. The van der Waals surface area contributed by atoms with Gasteiger partial charge in [-0.3, -0.25) is 0 Å². The van der Waals surface area contributed by atoms with E-state index in [2.05, 4.69) is 10.6 Å². The van der Waals surface area contributed by atoms with Gasteiger partial charge in [-0.2, -0.15) is 0 Å². The monoisotopic (exact) mass is 324 g/mol. The smallest absolute Gasteiger partial charge is 0.315 e. The summed E-state index contributed by atoms with van der Waals surface area (Å²) in [5, 5.41) is 5.85. The van der Waals surface area contributed by atoms with E-state index in [-0.39, 0.29) is 11.8 Å².